The van der Waals surface area contributed by atoms with Gasteiger partial charge in [0.05, 0.1) is 11.6 Å². The van der Waals surface area contributed by atoms with Gasteiger partial charge < -0.3 is 9.80 Å². The van der Waals surface area contributed by atoms with Crippen LogP contribution in [0.15, 0.2) is 24.3 Å². The van der Waals surface area contributed by atoms with Gasteiger partial charge in [-0.2, -0.15) is 5.26 Å². The fraction of sp³-hybridized carbons (Fsp3) is 0.467. The van der Waals surface area contributed by atoms with E-state index in [9.17, 15) is 4.79 Å². The fourth-order valence-electron chi connectivity index (χ4n) is 2.32. The molecule has 1 fully saturated rings. The number of nitrogens with zero attached hydrogens (tertiary/aromatic N) is 3. The second-order valence-electron chi connectivity index (χ2n) is 5.13. The highest BCUT2D eigenvalue weighted by Gasteiger charge is 2.22. The predicted octanol–water partition coefficient (Wildman–Crippen LogP) is 1.86. The van der Waals surface area contributed by atoms with E-state index in [-0.39, 0.29) is 11.8 Å². The number of rotatable bonds is 2. The molecule has 0 radical (unpaired) electrons. The number of carbonyl (C=O) groups excluding carboxylic acids is 1. The largest absolute Gasteiger partial charge is 0.368 e. The first kappa shape index (κ1) is 13.4. The molecule has 1 aromatic carbocycles. The summed E-state index contributed by atoms with van der Waals surface area (Å²) < 4.78 is 0. The molecule has 0 aliphatic carbocycles. The maximum atomic E-state index is 11.9. The smallest absolute Gasteiger partial charge is 0.225 e. The van der Waals surface area contributed by atoms with Crippen molar-refractivity contribution in [1.82, 2.24) is 4.90 Å². The third-order valence-electron chi connectivity index (χ3n) is 3.43. The summed E-state index contributed by atoms with van der Waals surface area (Å²) >= 11 is 0. The SMILES string of the molecule is CC(C)C(=O)N1CCN(c2cccc(C#N)c2)CC1. The van der Waals surface area contributed by atoms with Crippen LogP contribution >= 0.6 is 0 Å². The Morgan fingerprint density at radius 3 is 2.53 bits per heavy atom. The lowest BCUT2D eigenvalue weighted by molar-refractivity contribution is -0.134. The van der Waals surface area contributed by atoms with Crippen LogP contribution in [-0.2, 0) is 4.79 Å². The quantitative estimate of drug-likeness (QED) is 0.812. The maximum absolute atomic E-state index is 11.9. The van der Waals surface area contributed by atoms with E-state index in [1.807, 2.05) is 43.0 Å². The van der Waals surface area contributed by atoms with E-state index in [0.29, 0.717) is 5.56 Å². The fourth-order valence-corrected chi connectivity index (χ4v) is 2.32. The number of amides is 1. The summed E-state index contributed by atoms with van der Waals surface area (Å²) in [5.74, 6) is 0.291. The third kappa shape index (κ3) is 3.05. The second kappa shape index (κ2) is 5.75. The number of hydrogen-bond acceptors (Lipinski definition) is 3. The molecule has 100 valence electrons. The van der Waals surface area contributed by atoms with Crippen LogP contribution in [0.4, 0.5) is 5.69 Å². The Hall–Kier alpha value is -2.02. The van der Waals surface area contributed by atoms with E-state index < -0.39 is 0 Å². The lowest BCUT2D eigenvalue weighted by Gasteiger charge is -2.36. The first-order chi connectivity index (χ1) is 9.11. The molecule has 1 saturated heterocycles. The summed E-state index contributed by atoms with van der Waals surface area (Å²) in [6, 6.07) is 9.78. The molecule has 0 unspecified atom stereocenters. The van der Waals surface area contributed by atoms with Gasteiger partial charge in [0.15, 0.2) is 0 Å². The number of benzene rings is 1. The van der Waals surface area contributed by atoms with E-state index >= 15 is 0 Å². The molecule has 1 aliphatic heterocycles. The average Bonchev–Trinajstić information content (AvgIpc) is 2.46. The van der Waals surface area contributed by atoms with E-state index in [2.05, 4.69) is 11.0 Å². The van der Waals surface area contributed by atoms with Gasteiger partial charge in [-0.1, -0.05) is 19.9 Å². The van der Waals surface area contributed by atoms with Crippen LogP contribution in [-0.4, -0.2) is 37.0 Å². The van der Waals surface area contributed by atoms with Crippen LogP contribution < -0.4 is 4.90 Å². The van der Waals surface area contributed by atoms with Crippen molar-refractivity contribution in [1.29, 1.82) is 5.26 Å². The molecule has 0 atom stereocenters. The average molecular weight is 257 g/mol. The summed E-state index contributed by atoms with van der Waals surface area (Å²) in [5, 5.41) is 8.91. The molecule has 0 bridgehead atoms. The second-order valence-corrected chi connectivity index (χ2v) is 5.13. The van der Waals surface area contributed by atoms with Gasteiger partial charge in [0.1, 0.15) is 0 Å². The first-order valence-electron chi connectivity index (χ1n) is 6.65. The zero-order valence-corrected chi connectivity index (χ0v) is 11.5. The van der Waals surface area contributed by atoms with Crippen LogP contribution in [0.2, 0.25) is 0 Å². The molecule has 0 aromatic heterocycles. The van der Waals surface area contributed by atoms with Crippen LogP contribution in [0.25, 0.3) is 0 Å². The lowest BCUT2D eigenvalue weighted by atomic mass is 10.1. The molecule has 1 amide bonds. The Morgan fingerprint density at radius 1 is 1.26 bits per heavy atom. The Balaban J connectivity index is 2.00. The molecule has 19 heavy (non-hydrogen) atoms. The van der Waals surface area contributed by atoms with Crippen molar-refractivity contribution in [2.24, 2.45) is 5.92 Å². The molecule has 0 spiro atoms. The minimum atomic E-state index is 0.0634. The van der Waals surface area contributed by atoms with Crippen molar-refractivity contribution in [2.45, 2.75) is 13.8 Å². The van der Waals surface area contributed by atoms with Gasteiger partial charge in [-0.05, 0) is 18.2 Å². The maximum Gasteiger partial charge on any atom is 0.225 e. The number of piperazine rings is 1. The van der Waals surface area contributed by atoms with Gasteiger partial charge in [-0.25, -0.2) is 0 Å². The van der Waals surface area contributed by atoms with E-state index in [1.165, 1.54) is 0 Å². The summed E-state index contributed by atoms with van der Waals surface area (Å²) in [5.41, 5.74) is 1.74. The number of anilines is 1. The molecular weight excluding hydrogens is 238 g/mol. The van der Waals surface area contributed by atoms with Gasteiger partial charge in [0.25, 0.3) is 0 Å². The number of carbonyl (C=O) groups is 1. The van der Waals surface area contributed by atoms with Crippen LogP contribution in [0.1, 0.15) is 19.4 Å². The minimum absolute atomic E-state index is 0.0634. The van der Waals surface area contributed by atoms with Crippen molar-refractivity contribution in [3.05, 3.63) is 29.8 Å². The highest BCUT2D eigenvalue weighted by molar-refractivity contribution is 5.78. The van der Waals surface area contributed by atoms with Gasteiger partial charge in [0, 0.05) is 37.8 Å². The minimum Gasteiger partial charge on any atom is -0.368 e. The highest BCUT2D eigenvalue weighted by Crippen LogP contribution is 2.18. The molecule has 2 rings (SSSR count). The summed E-state index contributed by atoms with van der Waals surface area (Å²) in [6.07, 6.45) is 0. The van der Waals surface area contributed by atoms with Crippen LogP contribution in [0, 0.1) is 17.2 Å². The van der Waals surface area contributed by atoms with Crippen molar-refractivity contribution in [2.75, 3.05) is 31.1 Å². The zero-order chi connectivity index (χ0) is 13.8. The first-order valence-corrected chi connectivity index (χ1v) is 6.65. The molecular formula is C15H19N3O. The molecule has 1 aromatic rings. The number of hydrogen-bond donors (Lipinski definition) is 0. The van der Waals surface area contributed by atoms with Gasteiger partial charge >= 0.3 is 0 Å². The topological polar surface area (TPSA) is 47.3 Å². The molecule has 1 heterocycles. The molecule has 4 heteroatoms. The van der Waals surface area contributed by atoms with Gasteiger partial charge in [-0.15, -0.1) is 0 Å². The molecule has 1 aliphatic rings. The van der Waals surface area contributed by atoms with Crippen LogP contribution in [0.5, 0.6) is 0 Å². The van der Waals surface area contributed by atoms with E-state index in [0.717, 1.165) is 31.9 Å². The molecule has 0 saturated carbocycles. The number of nitriles is 1. The normalized spacial score (nSPS) is 15.5. The Labute approximate surface area is 114 Å². The van der Waals surface area contributed by atoms with Crippen molar-refractivity contribution in [3.8, 4) is 6.07 Å². The van der Waals surface area contributed by atoms with Crippen molar-refractivity contribution in [3.63, 3.8) is 0 Å². The third-order valence-corrected chi connectivity index (χ3v) is 3.43. The summed E-state index contributed by atoms with van der Waals surface area (Å²) in [4.78, 5) is 16.1. The van der Waals surface area contributed by atoms with E-state index in [1.54, 1.807) is 0 Å². The summed E-state index contributed by atoms with van der Waals surface area (Å²) in [6.45, 7) is 7.04. The summed E-state index contributed by atoms with van der Waals surface area (Å²) in [7, 11) is 0. The standard InChI is InChI=1S/C15H19N3O/c1-12(2)15(19)18-8-6-17(7-9-18)14-5-3-4-13(10-14)11-16/h3-5,10,12H,6-9H2,1-2H3. The Morgan fingerprint density at radius 2 is 1.95 bits per heavy atom. The Bertz CT molecular complexity index is 496. The Kier molecular flexibility index (Phi) is 4.06. The highest BCUT2D eigenvalue weighted by atomic mass is 16.2. The van der Waals surface area contributed by atoms with Crippen molar-refractivity contribution < 1.29 is 4.79 Å². The predicted molar refractivity (Wildman–Crippen MR) is 74.8 cm³/mol. The van der Waals surface area contributed by atoms with Gasteiger partial charge in [-0.3, -0.25) is 4.79 Å². The monoisotopic (exact) mass is 257 g/mol. The van der Waals surface area contributed by atoms with E-state index in [4.69, 9.17) is 5.26 Å². The molecule has 4 nitrogen and oxygen atoms in total. The molecule has 0 N–H and O–H groups in total. The van der Waals surface area contributed by atoms with Gasteiger partial charge in [0.2, 0.25) is 5.91 Å². The lowest BCUT2D eigenvalue weighted by Crippen LogP contribution is -2.49. The van der Waals surface area contributed by atoms with Crippen molar-refractivity contribution >= 4 is 11.6 Å². The zero-order valence-electron chi connectivity index (χ0n) is 11.5. The van der Waals surface area contributed by atoms with Crippen LogP contribution in [0.3, 0.4) is 0 Å².